The number of nitrogens with zero attached hydrogens (tertiary/aromatic N) is 2. The molecule has 0 radical (unpaired) electrons. The van der Waals surface area contributed by atoms with E-state index in [-0.39, 0.29) is 16.4 Å². The van der Waals surface area contributed by atoms with E-state index in [1.54, 1.807) is 42.6 Å². The minimum Gasteiger partial charge on any atom is -0.506 e. The lowest BCUT2D eigenvalue weighted by Gasteiger charge is -1.99. The van der Waals surface area contributed by atoms with Gasteiger partial charge in [-0.3, -0.25) is 4.79 Å². The predicted molar refractivity (Wildman–Crippen MR) is 75.9 cm³/mol. The van der Waals surface area contributed by atoms with Crippen molar-refractivity contribution in [1.29, 1.82) is 5.26 Å². The zero-order valence-electron chi connectivity index (χ0n) is 10.2. The van der Waals surface area contributed by atoms with Crippen LogP contribution >= 0.6 is 11.3 Å². The molecule has 0 atom stereocenters. The summed E-state index contributed by atoms with van der Waals surface area (Å²) in [6.07, 6.45) is 1.62. The Hall–Kier alpha value is -2.71. The number of carbonyl (C=O) groups is 1. The summed E-state index contributed by atoms with van der Waals surface area (Å²) in [5.41, 5.74) is 0.926. The SMILES string of the molecule is N#Cc1ccc(C(=O)c2sc3ncccc3c2O)cc1. The molecule has 0 fully saturated rings. The number of thiophene rings is 1. The van der Waals surface area contributed by atoms with Gasteiger partial charge in [0.05, 0.1) is 17.0 Å². The van der Waals surface area contributed by atoms with E-state index in [9.17, 15) is 9.90 Å². The molecule has 0 bridgehead atoms. The fourth-order valence-electron chi connectivity index (χ4n) is 1.90. The van der Waals surface area contributed by atoms with E-state index in [0.29, 0.717) is 21.3 Å². The summed E-state index contributed by atoms with van der Waals surface area (Å²) in [6, 6.07) is 11.8. The van der Waals surface area contributed by atoms with Crippen LogP contribution in [0.3, 0.4) is 0 Å². The molecule has 0 unspecified atom stereocenters. The maximum Gasteiger partial charge on any atom is 0.206 e. The summed E-state index contributed by atoms with van der Waals surface area (Å²) in [5, 5.41) is 19.4. The van der Waals surface area contributed by atoms with Gasteiger partial charge >= 0.3 is 0 Å². The number of pyridine rings is 1. The highest BCUT2D eigenvalue weighted by Gasteiger charge is 2.19. The van der Waals surface area contributed by atoms with Crippen molar-refractivity contribution >= 4 is 27.3 Å². The van der Waals surface area contributed by atoms with Gasteiger partial charge in [-0.15, -0.1) is 11.3 Å². The van der Waals surface area contributed by atoms with Gasteiger partial charge in [-0.1, -0.05) is 0 Å². The predicted octanol–water partition coefficient (Wildman–Crippen LogP) is 3.10. The van der Waals surface area contributed by atoms with Gasteiger partial charge in [0, 0.05) is 11.8 Å². The third kappa shape index (κ3) is 1.92. The van der Waals surface area contributed by atoms with Crippen LogP contribution < -0.4 is 0 Å². The Morgan fingerprint density at radius 1 is 1.25 bits per heavy atom. The Morgan fingerprint density at radius 3 is 2.65 bits per heavy atom. The van der Waals surface area contributed by atoms with E-state index < -0.39 is 0 Å². The highest BCUT2D eigenvalue weighted by atomic mass is 32.1. The normalized spacial score (nSPS) is 10.3. The highest BCUT2D eigenvalue weighted by molar-refractivity contribution is 7.21. The van der Waals surface area contributed by atoms with E-state index in [2.05, 4.69) is 4.98 Å². The van der Waals surface area contributed by atoms with Gasteiger partial charge in [-0.05, 0) is 36.4 Å². The number of hydrogen-bond acceptors (Lipinski definition) is 5. The second-order valence-corrected chi connectivity index (χ2v) is 5.15. The van der Waals surface area contributed by atoms with Crippen LogP contribution in [-0.4, -0.2) is 15.9 Å². The number of hydrogen-bond donors (Lipinski definition) is 1. The van der Waals surface area contributed by atoms with Gasteiger partial charge in [0.25, 0.3) is 0 Å². The monoisotopic (exact) mass is 280 g/mol. The smallest absolute Gasteiger partial charge is 0.206 e. The van der Waals surface area contributed by atoms with Crippen LogP contribution in [0.1, 0.15) is 20.8 Å². The maximum absolute atomic E-state index is 12.4. The van der Waals surface area contributed by atoms with Crippen LogP contribution in [0.2, 0.25) is 0 Å². The minimum atomic E-state index is -0.269. The van der Waals surface area contributed by atoms with Crippen molar-refractivity contribution in [2.24, 2.45) is 0 Å². The van der Waals surface area contributed by atoms with E-state index in [1.165, 1.54) is 0 Å². The van der Waals surface area contributed by atoms with E-state index >= 15 is 0 Å². The number of aromatic nitrogens is 1. The molecular formula is C15H8N2O2S. The van der Waals surface area contributed by atoms with Gasteiger partial charge in [-0.25, -0.2) is 4.98 Å². The van der Waals surface area contributed by atoms with Gasteiger partial charge in [0.15, 0.2) is 0 Å². The first kappa shape index (κ1) is 12.3. The number of ketones is 1. The average molecular weight is 280 g/mol. The van der Waals surface area contributed by atoms with Gasteiger partial charge < -0.3 is 5.11 Å². The summed E-state index contributed by atoms with van der Waals surface area (Å²) in [5.74, 6) is -0.303. The van der Waals surface area contributed by atoms with Crippen LogP contribution in [0, 0.1) is 11.3 Å². The van der Waals surface area contributed by atoms with Crippen molar-refractivity contribution in [2.45, 2.75) is 0 Å². The van der Waals surface area contributed by atoms with E-state index in [0.717, 1.165) is 11.3 Å². The minimum absolute atomic E-state index is 0.0348. The fraction of sp³-hybridized carbons (Fsp3) is 0. The molecule has 3 aromatic rings. The lowest BCUT2D eigenvalue weighted by Crippen LogP contribution is -1.98. The zero-order chi connectivity index (χ0) is 14.1. The molecule has 0 spiro atoms. The molecule has 4 nitrogen and oxygen atoms in total. The molecule has 0 aliphatic heterocycles. The summed E-state index contributed by atoms with van der Waals surface area (Å²) in [4.78, 5) is 17.4. The molecule has 1 N–H and O–H groups in total. The molecule has 0 saturated heterocycles. The van der Waals surface area contributed by atoms with Crippen molar-refractivity contribution in [2.75, 3.05) is 0 Å². The molecular weight excluding hydrogens is 272 g/mol. The molecule has 96 valence electrons. The van der Waals surface area contributed by atoms with Crippen LogP contribution in [0.15, 0.2) is 42.6 Å². The number of nitriles is 1. The van der Waals surface area contributed by atoms with Gasteiger partial charge in [0.2, 0.25) is 5.78 Å². The van der Waals surface area contributed by atoms with Gasteiger partial charge in [0.1, 0.15) is 15.5 Å². The highest BCUT2D eigenvalue weighted by Crippen LogP contribution is 2.36. The molecule has 3 rings (SSSR count). The standard InChI is InChI=1S/C15H8N2O2S/c16-8-9-3-5-10(6-4-9)12(18)14-13(19)11-2-1-7-17-15(11)20-14/h1-7,19H. The van der Waals surface area contributed by atoms with Crippen molar-refractivity contribution in [3.8, 4) is 11.8 Å². The van der Waals surface area contributed by atoms with Crippen LogP contribution in [0.4, 0.5) is 0 Å². The lowest BCUT2D eigenvalue weighted by molar-refractivity contribution is 0.104. The van der Waals surface area contributed by atoms with Crippen LogP contribution in [0.25, 0.3) is 10.2 Å². The largest absolute Gasteiger partial charge is 0.506 e. The summed E-state index contributed by atoms with van der Waals surface area (Å²) in [7, 11) is 0. The number of rotatable bonds is 2. The first-order chi connectivity index (χ1) is 9.70. The second-order valence-electron chi connectivity index (χ2n) is 4.15. The van der Waals surface area contributed by atoms with E-state index in [1.807, 2.05) is 6.07 Å². The van der Waals surface area contributed by atoms with E-state index in [4.69, 9.17) is 5.26 Å². The molecule has 5 heteroatoms. The van der Waals surface area contributed by atoms with Crippen molar-refractivity contribution < 1.29 is 9.90 Å². The molecule has 0 aliphatic carbocycles. The lowest BCUT2D eigenvalue weighted by atomic mass is 10.1. The number of fused-ring (bicyclic) bond motifs is 1. The molecule has 20 heavy (non-hydrogen) atoms. The van der Waals surface area contributed by atoms with Gasteiger partial charge in [-0.2, -0.15) is 5.26 Å². The topological polar surface area (TPSA) is 74.0 Å². The molecule has 2 aromatic heterocycles. The Morgan fingerprint density at radius 2 is 2.00 bits per heavy atom. The third-order valence-electron chi connectivity index (χ3n) is 2.92. The summed E-state index contributed by atoms with van der Waals surface area (Å²) in [6.45, 7) is 0. The van der Waals surface area contributed by atoms with Crippen molar-refractivity contribution in [3.63, 3.8) is 0 Å². The average Bonchev–Trinajstić information content (AvgIpc) is 2.84. The van der Waals surface area contributed by atoms with Crippen LogP contribution in [0.5, 0.6) is 5.75 Å². The Labute approximate surface area is 118 Å². The number of aromatic hydroxyl groups is 1. The Bertz CT molecular complexity index is 844. The Kier molecular flexibility index (Phi) is 2.93. The Balaban J connectivity index is 2.08. The van der Waals surface area contributed by atoms with Crippen molar-refractivity contribution in [1.82, 2.24) is 4.98 Å². The molecule has 0 aliphatic rings. The summed E-state index contributed by atoms with van der Waals surface area (Å²) >= 11 is 1.16. The van der Waals surface area contributed by atoms with Crippen molar-refractivity contribution in [3.05, 3.63) is 58.6 Å². The molecule has 0 saturated carbocycles. The zero-order valence-corrected chi connectivity index (χ0v) is 11.0. The first-order valence-corrected chi connectivity index (χ1v) is 6.63. The summed E-state index contributed by atoms with van der Waals surface area (Å²) < 4.78 is 0. The quantitative estimate of drug-likeness (QED) is 0.732. The molecule has 0 amide bonds. The number of carbonyl (C=O) groups excluding carboxylic acids is 1. The molecule has 1 aromatic carbocycles. The molecule has 2 heterocycles. The number of benzene rings is 1. The first-order valence-electron chi connectivity index (χ1n) is 5.82. The van der Waals surface area contributed by atoms with Crippen LogP contribution in [-0.2, 0) is 0 Å². The third-order valence-corrected chi connectivity index (χ3v) is 4.02. The second kappa shape index (κ2) is 4.76. The fourth-order valence-corrected chi connectivity index (χ4v) is 2.90. The maximum atomic E-state index is 12.4.